The Bertz CT molecular complexity index is 448. The Labute approximate surface area is 90.2 Å². The number of nitrogens with two attached hydrogens (primary N) is 1. The van der Waals surface area contributed by atoms with Crippen LogP contribution in [0.15, 0.2) is 12.4 Å². The molecule has 15 heavy (non-hydrogen) atoms. The van der Waals surface area contributed by atoms with Crippen LogP contribution in [0.1, 0.15) is 25.7 Å². The number of aryl methyl sites for hydroxylation is 1. The molecule has 1 aromatic rings. The number of imidazole rings is 1. The number of hydrogen-bond donors (Lipinski definition) is 1. The molecule has 1 unspecified atom stereocenters. The minimum Gasteiger partial charge on any atom is -0.337 e. The van der Waals surface area contributed by atoms with Crippen LogP contribution in [0.5, 0.6) is 0 Å². The third kappa shape index (κ3) is 2.05. The summed E-state index contributed by atoms with van der Waals surface area (Å²) in [6.07, 6.45) is 4.54. The van der Waals surface area contributed by atoms with Gasteiger partial charge in [0.1, 0.15) is 5.82 Å². The van der Waals surface area contributed by atoms with E-state index in [1.54, 1.807) is 37.9 Å². The SMILES string of the molecule is Cn1ccnc1C(N)C(C)(C)S(C)(=O)=O. The van der Waals surface area contributed by atoms with Crippen molar-refractivity contribution in [2.75, 3.05) is 6.26 Å². The summed E-state index contributed by atoms with van der Waals surface area (Å²) in [5.41, 5.74) is 5.94. The fraction of sp³-hybridized carbons (Fsp3) is 0.667. The maximum Gasteiger partial charge on any atom is 0.154 e. The van der Waals surface area contributed by atoms with E-state index in [0.29, 0.717) is 5.82 Å². The average molecular weight is 231 g/mol. The summed E-state index contributed by atoms with van der Waals surface area (Å²) in [5, 5.41) is 0. The number of hydrogen-bond acceptors (Lipinski definition) is 4. The van der Waals surface area contributed by atoms with Gasteiger partial charge in [-0.3, -0.25) is 0 Å². The van der Waals surface area contributed by atoms with Crippen LogP contribution >= 0.6 is 0 Å². The van der Waals surface area contributed by atoms with E-state index in [0.717, 1.165) is 0 Å². The van der Waals surface area contributed by atoms with Gasteiger partial charge >= 0.3 is 0 Å². The highest BCUT2D eigenvalue weighted by atomic mass is 32.2. The van der Waals surface area contributed by atoms with Gasteiger partial charge < -0.3 is 10.3 Å². The molecule has 1 aromatic heterocycles. The van der Waals surface area contributed by atoms with Crippen LogP contribution in [0.25, 0.3) is 0 Å². The molecule has 2 N–H and O–H groups in total. The predicted molar refractivity (Wildman–Crippen MR) is 59.1 cm³/mol. The second-order valence-electron chi connectivity index (χ2n) is 4.25. The molecule has 0 aromatic carbocycles. The van der Waals surface area contributed by atoms with Crippen molar-refractivity contribution in [3.63, 3.8) is 0 Å². The van der Waals surface area contributed by atoms with Crippen LogP contribution in [0.2, 0.25) is 0 Å². The third-order valence-electron chi connectivity index (χ3n) is 2.84. The Hall–Kier alpha value is -0.880. The molecule has 0 aliphatic rings. The maximum absolute atomic E-state index is 11.6. The minimum absolute atomic E-state index is 0.574. The summed E-state index contributed by atoms with van der Waals surface area (Å²) in [7, 11) is -1.43. The number of sulfone groups is 1. The smallest absolute Gasteiger partial charge is 0.154 e. The Kier molecular flexibility index (Phi) is 2.93. The van der Waals surface area contributed by atoms with E-state index in [1.807, 2.05) is 0 Å². The Morgan fingerprint density at radius 1 is 1.53 bits per heavy atom. The van der Waals surface area contributed by atoms with Crippen molar-refractivity contribution in [1.82, 2.24) is 9.55 Å². The minimum atomic E-state index is -3.22. The molecule has 6 heteroatoms. The molecule has 0 aliphatic carbocycles. The van der Waals surface area contributed by atoms with Gasteiger partial charge in [0.05, 0.1) is 10.8 Å². The first kappa shape index (κ1) is 12.2. The Morgan fingerprint density at radius 3 is 2.40 bits per heavy atom. The Morgan fingerprint density at radius 2 is 2.07 bits per heavy atom. The van der Waals surface area contributed by atoms with Crippen molar-refractivity contribution >= 4 is 9.84 Å². The van der Waals surface area contributed by atoms with Crippen LogP contribution in [-0.2, 0) is 16.9 Å². The van der Waals surface area contributed by atoms with E-state index in [9.17, 15) is 8.42 Å². The number of rotatable bonds is 3. The van der Waals surface area contributed by atoms with Crippen LogP contribution < -0.4 is 5.73 Å². The lowest BCUT2D eigenvalue weighted by Gasteiger charge is -2.29. The van der Waals surface area contributed by atoms with E-state index in [4.69, 9.17) is 5.73 Å². The third-order valence-corrected chi connectivity index (χ3v) is 5.01. The quantitative estimate of drug-likeness (QED) is 0.808. The van der Waals surface area contributed by atoms with Crippen molar-refractivity contribution < 1.29 is 8.42 Å². The van der Waals surface area contributed by atoms with Crippen molar-refractivity contribution in [1.29, 1.82) is 0 Å². The molecule has 0 radical (unpaired) electrons. The van der Waals surface area contributed by atoms with Gasteiger partial charge in [-0.25, -0.2) is 13.4 Å². The van der Waals surface area contributed by atoms with E-state index in [1.165, 1.54) is 6.26 Å². The highest BCUT2D eigenvalue weighted by molar-refractivity contribution is 7.92. The lowest BCUT2D eigenvalue weighted by molar-refractivity contribution is 0.473. The molecule has 86 valence electrons. The molecule has 0 amide bonds. The fourth-order valence-electron chi connectivity index (χ4n) is 1.22. The van der Waals surface area contributed by atoms with Gasteiger partial charge in [0.2, 0.25) is 0 Å². The molecular weight excluding hydrogens is 214 g/mol. The average Bonchev–Trinajstić information content (AvgIpc) is 2.48. The van der Waals surface area contributed by atoms with Gasteiger partial charge in [-0.05, 0) is 13.8 Å². The topological polar surface area (TPSA) is 78.0 Å². The summed E-state index contributed by atoms with van der Waals surface area (Å²) in [6.45, 7) is 3.23. The first-order valence-electron chi connectivity index (χ1n) is 4.60. The highest BCUT2D eigenvalue weighted by Crippen LogP contribution is 2.28. The number of aromatic nitrogens is 2. The summed E-state index contributed by atoms with van der Waals surface area (Å²) < 4.78 is 23.9. The monoisotopic (exact) mass is 231 g/mol. The molecule has 0 bridgehead atoms. The van der Waals surface area contributed by atoms with Crippen LogP contribution in [0, 0.1) is 0 Å². The molecule has 5 nitrogen and oxygen atoms in total. The van der Waals surface area contributed by atoms with Crippen LogP contribution in [-0.4, -0.2) is 29.0 Å². The summed E-state index contributed by atoms with van der Waals surface area (Å²) in [4.78, 5) is 4.07. The lowest BCUT2D eigenvalue weighted by atomic mass is 10.0. The van der Waals surface area contributed by atoms with Gasteiger partial charge in [-0.1, -0.05) is 0 Å². The zero-order valence-electron chi connectivity index (χ0n) is 9.43. The molecule has 0 saturated carbocycles. The summed E-state index contributed by atoms with van der Waals surface area (Å²) in [6, 6.07) is -0.632. The van der Waals surface area contributed by atoms with Gasteiger partial charge in [-0.15, -0.1) is 0 Å². The second-order valence-corrected chi connectivity index (χ2v) is 6.85. The molecule has 0 aliphatic heterocycles. The maximum atomic E-state index is 11.6. The molecule has 0 saturated heterocycles. The van der Waals surface area contributed by atoms with Gasteiger partial charge in [-0.2, -0.15) is 0 Å². The largest absolute Gasteiger partial charge is 0.337 e. The zero-order valence-corrected chi connectivity index (χ0v) is 10.2. The van der Waals surface area contributed by atoms with Gasteiger partial charge in [0.15, 0.2) is 9.84 Å². The van der Waals surface area contributed by atoms with Crippen molar-refractivity contribution in [2.45, 2.75) is 24.6 Å². The first-order chi connectivity index (χ1) is 6.68. The molecule has 1 atom stereocenters. The first-order valence-corrected chi connectivity index (χ1v) is 6.49. The van der Waals surface area contributed by atoms with E-state index in [-0.39, 0.29) is 0 Å². The van der Waals surface area contributed by atoms with Crippen LogP contribution in [0.3, 0.4) is 0 Å². The second kappa shape index (κ2) is 3.61. The standard InChI is InChI=1S/C9H17N3O2S/c1-9(2,15(4,13)14)7(10)8-11-5-6-12(8)3/h5-7H,10H2,1-4H3. The van der Waals surface area contributed by atoms with Gasteiger partial charge in [0.25, 0.3) is 0 Å². The van der Waals surface area contributed by atoms with E-state index >= 15 is 0 Å². The van der Waals surface area contributed by atoms with Crippen LogP contribution in [0.4, 0.5) is 0 Å². The molecular formula is C9H17N3O2S. The molecule has 1 rings (SSSR count). The van der Waals surface area contributed by atoms with Crippen molar-refractivity contribution in [2.24, 2.45) is 12.8 Å². The lowest BCUT2D eigenvalue weighted by Crippen LogP contribution is -2.43. The van der Waals surface area contributed by atoms with E-state index < -0.39 is 20.6 Å². The normalized spacial score (nSPS) is 15.3. The van der Waals surface area contributed by atoms with Crippen molar-refractivity contribution in [3.05, 3.63) is 18.2 Å². The van der Waals surface area contributed by atoms with Gasteiger partial charge in [0, 0.05) is 25.7 Å². The molecule has 1 heterocycles. The number of nitrogens with zero attached hydrogens (tertiary/aromatic N) is 2. The zero-order chi connectivity index (χ0) is 11.9. The summed E-state index contributed by atoms with van der Waals surface area (Å²) >= 11 is 0. The summed E-state index contributed by atoms with van der Waals surface area (Å²) in [5.74, 6) is 0.574. The Balaban J connectivity index is 3.16. The highest BCUT2D eigenvalue weighted by Gasteiger charge is 2.39. The van der Waals surface area contributed by atoms with E-state index in [2.05, 4.69) is 4.98 Å². The fourth-order valence-corrected chi connectivity index (χ4v) is 1.79. The van der Waals surface area contributed by atoms with Crippen molar-refractivity contribution in [3.8, 4) is 0 Å². The molecule has 0 fully saturated rings. The molecule has 0 spiro atoms. The predicted octanol–water partition coefficient (Wildman–Crippen LogP) is 0.243.